The highest BCUT2D eigenvalue weighted by molar-refractivity contribution is 7.80. The smallest absolute Gasteiger partial charge is 0.341 e. The van der Waals surface area contributed by atoms with Crippen molar-refractivity contribution in [1.82, 2.24) is 5.32 Å². The van der Waals surface area contributed by atoms with E-state index in [1.54, 1.807) is 31.2 Å². The van der Waals surface area contributed by atoms with Gasteiger partial charge in [-0.1, -0.05) is 11.6 Å². The number of nitrogens with one attached hydrogen (secondary N) is 1. The molecule has 166 valence electrons. The molecular formula is C22H20ClN3O4S2. The van der Waals surface area contributed by atoms with E-state index in [2.05, 4.69) is 10.3 Å². The van der Waals surface area contributed by atoms with Gasteiger partial charge in [-0.2, -0.15) is 0 Å². The first-order chi connectivity index (χ1) is 15.4. The number of aryl methyl sites for hydroxylation is 1. The largest absolute Gasteiger partial charge is 0.462 e. The van der Waals surface area contributed by atoms with E-state index < -0.39 is 23.7 Å². The summed E-state index contributed by atoms with van der Waals surface area (Å²) in [5.41, 5.74) is 1.90. The zero-order chi connectivity index (χ0) is 22.8. The number of halogens is 1. The Balaban J connectivity index is 1.66. The molecule has 32 heavy (non-hydrogen) atoms. The number of nitrogens with zero attached hydrogens (tertiary/aromatic N) is 2. The second-order valence-electron chi connectivity index (χ2n) is 7.31. The van der Waals surface area contributed by atoms with Gasteiger partial charge in [0.25, 0.3) is 5.91 Å². The quantitative estimate of drug-likeness (QED) is 0.294. The fourth-order valence-corrected chi connectivity index (χ4v) is 5.41. The number of esters is 1. The monoisotopic (exact) mass is 489 g/mol. The number of fused-ring (bicyclic) bond motifs is 1. The van der Waals surface area contributed by atoms with Gasteiger partial charge in [0, 0.05) is 16.1 Å². The minimum atomic E-state index is -1.19. The van der Waals surface area contributed by atoms with Gasteiger partial charge in [0.15, 0.2) is 11.0 Å². The van der Waals surface area contributed by atoms with Crippen molar-refractivity contribution in [3.05, 3.63) is 45.3 Å². The van der Waals surface area contributed by atoms with Crippen LogP contribution in [0, 0.1) is 5.92 Å². The van der Waals surface area contributed by atoms with Crippen LogP contribution in [0.15, 0.2) is 29.3 Å². The predicted octanol–water partition coefficient (Wildman–Crippen LogP) is 4.22. The molecule has 2 aliphatic rings. The SMILES string of the molecule is CCOC(=O)c1c(N=C[C@@H]2C(=O)NC(=S)N(c3ccc(Cl)cc3)C2=O)sc2c1CCCC2. The number of aliphatic imine (C=N–C) groups is 1. The van der Waals surface area contributed by atoms with Gasteiger partial charge >= 0.3 is 5.97 Å². The van der Waals surface area contributed by atoms with Crippen molar-refractivity contribution in [3.8, 4) is 0 Å². The van der Waals surface area contributed by atoms with E-state index in [4.69, 9.17) is 28.6 Å². The molecule has 2 aromatic rings. The van der Waals surface area contributed by atoms with E-state index in [1.807, 2.05) is 0 Å². The molecular weight excluding hydrogens is 470 g/mol. The molecule has 0 bridgehead atoms. The Hall–Kier alpha value is -2.62. The van der Waals surface area contributed by atoms with Crippen molar-refractivity contribution in [1.29, 1.82) is 0 Å². The molecule has 2 amide bonds. The maximum absolute atomic E-state index is 13.1. The Labute approximate surface area is 199 Å². The van der Waals surface area contributed by atoms with Crippen LogP contribution in [0.1, 0.15) is 40.6 Å². The van der Waals surface area contributed by atoms with Crippen LogP contribution in [-0.2, 0) is 27.2 Å². The minimum Gasteiger partial charge on any atom is -0.462 e. The number of anilines is 1. The zero-order valence-electron chi connectivity index (χ0n) is 17.2. The molecule has 7 nitrogen and oxygen atoms in total. The zero-order valence-corrected chi connectivity index (χ0v) is 19.6. The van der Waals surface area contributed by atoms with E-state index >= 15 is 0 Å². The van der Waals surface area contributed by atoms with Gasteiger partial charge in [0.05, 0.1) is 17.9 Å². The molecule has 1 atom stereocenters. The van der Waals surface area contributed by atoms with Gasteiger partial charge in [-0.3, -0.25) is 14.5 Å². The Morgan fingerprint density at radius 3 is 2.75 bits per heavy atom. The fraction of sp³-hybridized carbons (Fsp3) is 0.318. The molecule has 1 aliphatic carbocycles. The van der Waals surface area contributed by atoms with Crippen molar-refractivity contribution in [2.75, 3.05) is 11.5 Å². The Bertz CT molecular complexity index is 1130. The number of hydrogen-bond acceptors (Lipinski definition) is 7. The highest BCUT2D eigenvalue weighted by Crippen LogP contribution is 2.40. The average molecular weight is 490 g/mol. The summed E-state index contributed by atoms with van der Waals surface area (Å²) >= 11 is 12.6. The maximum Gasteiger partial charge on any atom is 0.341 e. The van der Waals surface area contributed by atoms with Gasteiger partial charge in [-0.05, 0) is 74.7 Å². The van der Waals surface area contributed by atoms with Crippen molar-refractivity contribution in [3.63, 3.8) is 0 Å². The Kier molecular flexibility index (Phi) is 6.68. The maximum atomic E-state index is 13.1. The third kappa shape index (κ3) is 4.32. The molecule has 1 N–H and O–H groups in total. The number of carbonyl (C=O) groups excluding carboxylic acids is 3. The van der Waals surface area contributed by atoms with Crippen LogP contribution in [-0.4, -0.2) is 35.7 Å². The standard InChI is InChI=1S/C22H20ClN3O4S2/c1-2-30-21(29)17-14-5-3-4-6-16(14)32-19(17)24-11-15-18(27)25-22(31)26(20(15)28)13-9-7-12(23)8-10-13/h7-11,15H,2-6H2,1H3,(H,25,27,31)/t15-/m1/s1. The van der Waals surface area contributed by atoms with E-state index in [0.29, 0.717) is 21.3 Å². The second kappa shape index (κ2) is 9.48. The summed E-state index contributed by atoms with van der Waals surface area (Å²) in [5, 5.41) is 3.52. The summed E-state index contributed by atoms with van der Waals surface area (Å²) in [4.78, 5) is 45.1. The van der Waals surface area contributed by atoms with Crippen LogP contribution in [0.5, 0.6) is 0 Å². The van der Waals surface area contributed by atoms with Crippen LogP contribution in [0.2, 0.25) is 5.02 Å². The average Bonchev–Trinajstić information content (AvgIpc) is 3.13. The van der Waals surface area contributed by atoms with Crippen LogP contribution in [0.3, 0.4) is 0 Å². The van der Waals surface area contributed by atoms with Crippen molar-refractivity contribution < 1.29 is 19.1 Å². The van der Waals surface area contributed by atoms with Crippen molar-refractivity contribution >= 4 is 75.0 Å². The number of thiophene rings is 1. The van der Waals surface area contributed by atoms with Gasteiger partial charge in [0.1, 0.15) is 5.00 Å². The molecule has 4 rings (SSSR count). The van der Waals surface area contributed by atoms with Gasteiger partial charge in [-0.25, -0.2) is 9.79 Å². The summed E-state index contributed by atoms with van der Waals surface area (Å²) < 4.78 is 5.24. The molecule has 0 saturated carbocycles. The summed E-state index contributed by atoms with van der Waals surface area (Å²) in [6.45, 7) is 2.00. The summed E-state index contributed by atoms with van der Waals surface area (Å²) in [6, 6.07) is 6.55. The second-order valence-corrected chi connectivity index (χ2v) is 9.22. The van der Waals surface area contributed by atoms with Gasteiger partial charge < -0.3 is 10.1 Å². The summed E-state index contributed by atoms with van der Waals surface area (Å²) in [6.07, 6.45) is 5.00. The number of thiocarbonyl (C=S) groups is 1. The van der Waals surface area contributed by atoms with E-state index in [9.17, 15) is 14.4 Å². The number of hydrogen-bond donors (Lipinski definition) is 1. The van der Waals surface area contributed by atoms with E-state index in [1.165, 1.54) is 22.5 Å². The summed E-state index contributed by atoms with van der Waals surface area (Å²) in [7, 11) is 0. The topological polar surface area (TPSA) is 88.1 Å². The molecule has 1 aromatic carbocycles. The van der Waals surface area contributed by atoms with E-state index in [0.717, 1.165) is 36.1 Å². The number of ether oxygens (including phenoxy) is 1. The molecule has 1 aromatic heterocycles. The molecule has 10 heteroatoms. The molecule has 0 spiro atoms. The first-order valence-corrected chi connectivity index (χ1v) is 11.8. The number of rotatable bonds is 5. The van der Waals surface area contributed by atoms with Gasteiger partial charge in [0.2, 0.25) is 5.91 Å². The minimum absolute atomic E-state index is 0.00854. The Morgan fingerprint density at radius 2 is 2.03 bits per heavy atom. The molecule has 0 radical (unpaired) electrons. The fourth-order valence-electron chi connectivity index (χ4n) is 3.75. The molecule has 0 unspecified atom stereocenters. The number of amides is 2. The van der Waals surface area contributed by atoms with Crippen LogP contribution >= 0.6 is 35.2 Å². The van der Waals surface area contributed by atoms with Crippen LogP contribution in [0.4, 0.5) is 10.7 Å². The highest BCUT2D eigenvalue weighted by atomic mass is 35.5. The lowest BCUT2D eigenvalue weighted by atomic mass is 9.95. The summed E-state index contributed by atoms with van der Waals surface area (Å²) in [5.74, 6) is -2.70. The first-order valence-electron chi connectivity index (χ1n) is 10.2. The predicted molar refractivity (Wildman–Crippen MR) is 128 cm³/mol. The first kappa shape index (κ1) is 22.6. The lowest BCUT2D eigenvalue weighted by Crippen LogP contribution is -2.58. The molecule has 2 heterocycles. The lowest BCUT2D eigenvalue weighted by molar-refractivity contribution is -0.130. The molecule has 1 fully saturated rings. The highest BCUT2D eigenvalue weighted by Gasteiger charge is 2.38. The number of benzene rings is 1. The van der Waals surface area contributed by atoms with Crippen molar-refractivity contribution in [2.45, 2.75) is 32.6 Å². The Morgan fingerprint density at radius 1 is 1.31 bits per heavy atom. The van der Waals surface area contributed by atoms with Gasteiger partial charge in [-0.15, -0.1) is 11.3 Å². The third-order valence-electron chi connectivity index (χ3n) is 5.26. The van der Waals surface area contributed by atoms with E-state index in [-0.39, 0.29) is 11.7 Å². The molecule has 1 aliphatic heterocycles. The van der Waals surface area contributed by atoms with Crippen LogP contribution < -0.4 is 10.2 Å². The normalized spacial score (nSPS) is 18.6. The van der Waals surface area contributed by atoms with Crippen LogP contribution in [0.25, 0.3) is 0 Å². The molecule has 1 saturated heterocycles. The number of carbonyl (C=O) groups is 3. The lowest BCUT2D eigenvalue weighted by Gasteiger charge is -2.30. The third-order valence-corrected chi connectivity index (χ3v) is 7.00. The van der Waals surface area contributed by atoms with Crippen molar-refractivity contribution in [2.24, 2.45) is 10.9 Å².